The molecule has 1 heterocycles. The molecule has 2 N–H and O–H groups in total. The summed E-state index contributed by atoms with van der Waals surface area (Å²) < 4.78 is 11.6. The molecule has 0 radical (unpaired) electrons. The van der Waals surface area contributed by atoms with Crippen LogP contribution in [0.2, 0.25) is 5.02 Å². The Balaban J connectivity index is 1.99. The zero-order valence-corrected chi connectivity index (χ0v) is 11.7. The molecule has 1 unspecified atom stereocenters. The first-order chi connectivity index (χ1) is 9.14. The van der Waals surface area contributed by atoms with Crippen molar-refractivity contribution < 1.29 is 9.15 Å². The van der Waals surface area contributed by atoms with Gasteiger partial charge in [-0.15, -0.1) is 0 Å². The maximum Gasteiger partial charge on any atom is 0.134 e. The van der Waals surface area contributed by atoms with Crippen molar-refractivity contribution >= 4 is 22.6 Å². The van der Waals surface area contributed by atoms with Crippen LogP contribution >= 0.6 is 11.6 Å². The average Bonchev–Trinajstić information content (AvgIpc) is 3.04. The van der Waals surface area contributed by atoms with Gasteiger partial charge in [-0.25, -0.2) is 0 Å². The summed E-state index contributed by atoms with van der Waals surface area (Å²) in [4.78, 5) is 0. The third-order valence-electron chi connectivity index (χ3n) is 4.23. The van der Waals surface area contributed by atoms with Gasteiger partial charge in [-0.05, 0) is 37.1 Å². The van der Waals surface area contributed by atoms with Crippen molar-refractivity contribution in [1.82, 2.24) is 0 Å². The van der Waals surface area contributed by atoms with Gasteiger partial charge in [0.1, 0.15) is 11.3 Å². The number of ether oxygens (including phenoxy) is 1. The van der Waals surface area contributed by atoms with Crippen molar-refractivity contribution in [1.29, 1.82) is 0 Å². The maximum absolute atomic E-state index is 6.40. The number of rotatable bonds is 3. The van der Waals surface area contributed by atoms with Crippen LogP contribution in [0.4, 0.5) is 0 Å². The lowest BCUT2D eigenvalue weighted by atomic mass is 9.91. The summed E-state index contributed by atoms with van der Waals surface area (Å²) in [7, 11) is 1.74. The number of hydrogen-bond donors (Lipinski definition) is 1. The number of methoxy groups -OCH3 is 1. The monoisotopic (exact) mass is 279 g/mol. The van der Waals surface area contributed by atoms with E-state index in [9.17, 15) is 0 Å². The fourth-order valence-electron chi connectivity index (χ4n) is 3.06. The summed E-state index contributed by atoms with van der Waals surface area (Å²) in [5.74, 6) is 0.779. The molecule has 0 aliphatic heterocycles. The molecule has 1 aliphatic carbocycles. The van der Waals surface area contributed by atoms with E-state index in [0.29, 0.717) is 5.02 Å². The van der Waals surface area contributed by atoms with Crippen molar-refractivity contribution in [2.24, 2.45) is 5.73 Å². The zero-order valence-electron chi connectivity index (χ0n) is 11.0. The highest BCUT2D eigenvalue weighted by Crippen LogP contribution is 2.42. The molecule has 19 heavy (non-hydrogen) atoms. The second-order valence-corrected chi connectivity index (χ2v) is 5.72. The van der Waals surface area contributed by atoms with Crippen molar-refractivity contribution in [3.63, 3.8) is 0 Å². The van der Waals surface area contributed by atoms with E-state index >= 15 is 0 Å². The summed E-state index contributed by atoms with van der Waals surface area (Å²) >= 11 is 5.99. The number of hydrogen-bond acceptors (Lipinski definition) is 3. The minimum atomic E-state index is -0.280. The van der Waals surface area contributed by atoms with E-state index in [1.165, 1.54) is 0 Å². The molecule has 1 atom stereocenters. The van der Waals surface area contributed by atoms with Crippen LogP contribution in [0, 0.1) is 0 Å². The molecule has 0 spiro atoms. The highest BCUT2D eigenvalue weighted by molar-refractivity contribution is 6.31. The van der Waals surface area contributed by atoms with Crippen LogP contribution < -0.4 is 5.73 Å². The molecule has 1 aromatic heterocycles. The second kappa shape index (κ2) is 4.82. The largest absolute Gasteiger partial charge is 0.459 e. The van der Waals surface area contributed by atoms with Gasteiger partial charge in [-0.1, -0.05) is 24.4 Å². The van der Waals surface area contributed by atoms with Gasteiger partial charge < -0.3 is 14.9 Å². The molecule has 0 bridgehead atoms. The molecule has 1 fully saturated rings. The average molecular weight is 280 g/mol. The van der Waals surface area contributed by atoms with Crippen LogP contribution in [-0.4, -0.2) is 12.7 Å². The Morgan fingerprint density at radius 3 is 2.74 bits per heavy atom. The Morgan fingerprint density at radius 2 is 2.05 bits per heavy atom. The molecule has 1 saturated carbocycles. The van der Waals surface area contributed by atoms with Gasteiger partial charge in [0.15, 0.2) is 0 Å². The zero-order chi connectivity index (χ0) is 13.5. The van der Waals surface area contributed by atoms with E-state index in [4.69, 9.17) is 26.5 Å². The molecule has 3 rings (SSSR count). The minimum Gasteiger partial charge on any atom is -0.459 e. The van der Waals surface area contributed by atoms with Gasteiger partial charge >= 0.3 is 0 Å². The molecule has 3 nitrogen and oxygen atoms in total. The van der Waals surface area contributed by atoms with E-state index in [1.807, 2.05) is 24.3 Å². The van der Waals surface area contributed by atoms with Crippen molar-refractivity contribution in [2.45, 2.75) is 37.3 Å². The van der Waals surface area contributed by atoms with E-state index in [1.54, 1.807) is 7.11 Å². The molecule has 102 valence electrons. The van der Waals surface area contributed by atoms with Crippen LogP contribution in [0.1, 0.15) is 37.5 Å². The SMILES string of the molecule is COC1(C(N)c2cc3cc(Cl)ccc3o2)CCCC1. The number of fused-ring (bicyclic) bond motifs is 1. The number of nitrogens with two attached hydrogens (primary N) is 1. The normalized spacial score (nSPS) is 19.9. The molecule has 1 aromatic carbocycles. The summed E-state index contributed by atoms with van der Waals surface area (Å²) in [6.45, 7) is 0. The van der Waals surface area contributed by atoms with Gasteiger partial charge in [0, 0.05) is 17.5 Å². The molecule has 0 amide bonds. The fraction of sp³-hybridized carbons (Fsp3) is 0.467. The Hall–Kier alpha value is -1.03. The minimum absolute atomic E-state index is 0.230. The Bertz CT molecular complexity index is 587. The molecule has 2 aromatic rings. The van der Waals surface area contributed by atoms with Crippen molar-refractivity contribution in [2.75, 3.05) is 7.11 Å². The smallest absolute Gasteiger partial charge is 0.134 e. The van der Waals surface area contributed by atoms with Gasteiger partial charge in [0.2, 0.25) is 0 Å². The number of benzene rings is 1. The first-order valence-electron chi connectivity index (χ1n) is 6.64. The standard InChI is InChI=1S/C15H18ClNO2/c1-18-15(6-2-3-7-15)14(17)13-9-10-8-11(16)4-5-12(10)19-13/h4-5,8-9,14H,2-3,6-7,17H2,1H3. The van der Waals surface area contributed by atoms with E-state index in [-0.39, 0.29) is 11.6 Å². The molecular formula is C15H18ClNO2. The maximum atomic E-state index is 6.40. The lowest BCUT2D eigenvalue weighted by molar-refractivity contribution is -0.0309. The highest BCUT2D eigenvalue weighted by atomic mass is 35.5. The Kier molecular flexibility index (Phi) is 3.29. The first kappa shape index (κ1) is 13.0. The van der Waals surface area contributed by atoms with Gasteiger partial charge in [-0.2, -0.15) is 0 Å². The van der Waals surface area contributed by atoms with Gasteiger partial charge in [-0.3, -0.25) is 0 Å². The van der Waals surface area contributed by atoms with Gasteiger partial charge in [0.05, 0.1) is 11.6 Å². The molecule has 0 saturated heterocycles. The summed E-state index contributed by atoms with van der Waals surface area (Å²) in [5.41, 5.74) is 6.93. The number of halogens is 1. The van der Waals surface area contributed by atoms with Crippen LogP contribution in [0.3, 0.4) is 0 Å². The van der Waals surface area contributed by atoms with Crippen LogP contribution in [0.25, 0.3) is 11.0 Å². The molecular weight excluding hydrogens is 262 g/mol. The first-order valence-corrected chi connectivity index (χ1v) is 7.02. The van der Waals surface area contributed by atoms with E-state index < -0.39 is 0 Å². The summed E-state index contributed by atoms with van der Waals surface area (Å²) in [6, 6.07) is 7.34. The lowest BCUT2D eigenvalue weighted by Crippen LogP contribution is -2.40. The van der Waals surface area contributed by atoms with Crippen LogP contribution in [0.15, 0.2) is 28.7 Å². The Morgan fingerprint density at radius 1 is 1.32 bits per heavy atom. The third kappa shape index (κ3) is 2.16. The quantitative estimate of drug-likeness (QED) is 0.922. The van der Waals surface area contributed by atoms with E-state index in [2.05, 4.69) is 0 Å². The third-order valence-corrected chi connectivity index (χ3v) is 4.46. The summed E-state index contributed by atoms with van der Waals surface area (Å²) in [6.07, 6.45) is 4.30. The molecule has 4 heteroatoms. The highest BCUT2D eigenvalue weighted by Gasteiger charge is 2.42. The fourth-order valence-corrected chi connectivity index (χ4v) is 3.24. The summed E-state index contributed by atoms with van der Waals surface area (Å²) in [5, 5.41) is 1.69. The lowest BCUT2D eigenvalue weighted by Gasteiger charge is -2.32. The Labute approximate surface area is 117 Å². The predicted octanol–water partition coefficient (Wildman–Crippen LogP) is 4.05. The van der Waals surface area contributed by atoms with Crippen LogP contribution in [0.5, 0.6) is 0 Å². The second-order valence-electron chi connectivity index (χ2n) is 5.28. The number of furan rings is 1. The van der Waals surface area contributed by atoms with Crippen molar-refractivity contribution in [3.8, 4) is 0 Å². The topological polar surface area (TPSA) is 48.4 Å². The van der Waals surface area contributed by atoms with E-state index in [0.717, 1.165) is 42.4 Å². The predicted molar refractivity (Wildman–Crippen MR) is 76.4 cm³/mol. The molecule has 1 aliphatic rings. The van der Waals surface area contributed by atoms with Gasteiger partial charge in [0.25, 0.3) is 0 Å². The van der Waals surface area contributed by atoms with Crippen LogP contribution in [-0.2, 0) is 4.74 Å². The van der Waals surface area contributed by atoms with Crippen molar-refractivity contribution in [3.05, 3.63) is 35.0 Å².